The van der Waals surface area contributed by atoms with Crippen molar-refractivity contribution < 1.29 is 27.5 Å². The van der Waals surface area contributed by atoms with Crippen LogP contribution in [0.15, 0.2) is 42.5 Å². The van der Waals surface area contributed by atoms with Crippen LogP contribution in [0.3, 0.4) is 0 Å². The van der Waals surface area contributed by atoms with Crippen molar-refractivity contribution in [2.45, 2.75) is 12.4 Å². The molecule has 23 heavy (non-hydrogen) atoms. The van der Waals surface area contributed by atoms with E-state index in [1.54, 1.807) is 0 Å². The van der Waals surface area contributed by atoms with Gasteiger partial charge in [0.1, 0.15) is 5.82 Å². The van der Waals surface area contributed by atoms with E-state index < -0.39 is 29.6 Å². The number of carbonyl (C=O) groups excluding carboxylic acids is 1. The van der Waals surface area contributed by atoms with Crippen molar-refractivity contribution in [3.63, 3.8) is 0 Å². The molecule has 0 aromatic heterocycles. The molecule has 0 radical (unpaired) electrons. The molecular weight excluding hydrogens is 338 g/mol. The monoisotopic (exact) mass is 347 g/mol. The first-order chi connectivity index (χ1) is 10.7. The number of hydrogen-bond acceptors (Lipinski definition) is 3. The first-order valence-corrected chi connectivity index (χ1v) is 6.67. The molecule has 0 aliphatic heterocycles. The smallest absolute Gasteiger partial charge is 0.367 e. The molecule has 1 unspecified atom stereocenters. The average Bonchev–Trinajstić information content (AvgIpc) is 2.48. The minimum Gasteiger partial charge on any atom is -0.367 e. The van der Waals surface area contributed by atoms with Crippen LogP contribution >= 0.6 is 11.6 Å². The number of halogens is 5. The number of aliphatic hydroxyl groups excluding tert-OH is 1. The SMILES string of the molecule is O=C(c1ccc(F)cc1)C(O)Nc1cc(C(F)(F)F)ccc1Cl. The summed E-state index contributed by atoms with van der Waals surface area (Å²) in [5.74, 6) is -1.40. The van der Waals surface area contributed by atoms with Gasteiger partial charge in [-0.2, -0.15) is 13.2 Å². The van der Waals surface area contributed by atoms with Crippen LogP contribution in [-0.2, 0) is 6.18 Å². The Labute approximate surface area is 133 Å². The Morgan fingerprint density at radius 3 is 2.30 bits per heavy atom. The Morgan fingerprint density at radius 1 is 1.13 bits per heavy atom. The number of nitrogens with one attached hydrogen (secondary N) is 1. The van der Waals surface area contributed by atoms with Gasteiger partial charge in [0.2, 0.25) is 5.78 Å². The molecule has 2 aromatic rings. The number of alkyl halides is 3. The van der Waals surface area contributed by atoms with Crippen LogP contribution < -0.4 is 5.32 Å². The van der Waals surface area contributed by atoms with Crippen LogP contribution in [0.1, 0.15) is 15.9 Å². The molecule has 3 nitrogen and oxygen atoms in total. The van der Waals surface area contributed by atoms with Gasteiger partial charge in [-0.1, -0.05) is 11.6 Å². The summed E-state index contributed by atoms with van der Waals surface area (Å²) in [6, 6.07) is 6.81. The molecule has 2 N–H and O–H groups in total. The van der Waals surface area contributed by atoms with Crippen molar-refractivity contribution in [1.29, 1.82) is 0 Å². The van der Waals surface area contributed by atoms with E-state index >= 15 is 0 Å². The lowest BCUT2D eigenvalue weighted by Crippen LogP contribution is -2.29. The lowest BCUT2D eigenvalue weighted by atomic mass is 10.1. The number of rotatable bonds is 4. The Hall–Kier alpha value is -2.12. The van der Waals surface area contributed by atoms with E-state index in [1.807, 2.05) is 0 Å². The van der Waals surface area contributed by atoms with Gasteiger partial charge >= 0.3 is 6.18 Å². The molecule has 0 aliphatic carbocycles. The third-order valence-corrected chi connectivity index (χ3v) is 3.29. The Morgan fingerprint density at radius 2 is 1.74 bits per heavy atom. The van der Waals surface area contributed by atoms with E-state index in [-0.39, 0.29) is 16.3 Å². The van der Waals surface area contributed by atoms with E-state index in [4.69, 9.17) is 11.6 Å². The summed E-state index contributed by atoms with van der Waals surface area (Å²) >= 11 is 5.76. The van der Waals surface area contributed by atoms with E-state index in [9.17, 15) is 27.5 Å². The quantitative estimate of drug-likeness (QED) is 0.497. The van der Waals surface area contributed by atoms with Crippen LogP contribution in [0.2, 0.25) is 5.02 Å². The minimum absolute atomic E-state index is 0.00509. The minimum atomic E-state index is -4.59. The summed E-state index contributed by atoms with van der Waals surface area (Å²) in [6.45, 7) is 0. The highest BCUT2D eigenvalue weighted by atomic mass is 35.5. The molecule has 0 saturated heterocycles. The molecule has 2 aromatic carbocycles. The number of ketones is 1. The molecule has 0 amide bonds. The fraction of sp³-hybridized carbons (Fsp3) is 0.133. The summed E-state index contributed by atoms with van der Waals surface area (Å²) in [6.07, 6.45) is -6.42. The molecule has 122 valence electrons. The van der Waals surface area contributed by atoms with E-state index in [2.05, 4.69) is 5.32 Å². The zero-order valence-electron chi connectivity index (χ0n) is 11.4. The summed E-state index contributed by atoms with van der Waals surface area (Å²) in [4.78, 5) is 12.0. The van der Waals surface area contributed by atoms with Crippen molar-refractivity contribution in [1.82, 2.24) is 0 Å². The highest BCUT2D eigenvalue weighted by Crippen LogP contribution is 2.34. The lowest BCUT2D eigenvalue weighted by molar-refractivity contribution is -0.137. The van der Waals surface area contributed by atoms with Gasteiger partial charge in [0.25, 0.3) is 0 Å². The van der Waals surface area contributed by atoms with E-state index in [0.29, 0.717) is 6.07 Å². The zero-order valence-corrected chi connectivity index (χ0v) is 12.1. The maximum absolute atomic E-state index is 12.8. The Balaban J connectivity index is 2.21. The standard InChI is InChI=1S/C15H10ClF4NO2/c16-11-6-3-9(15(18,19)20)7-12(11)21-14(23)13(22)8-1-4-10(17)5-2-8/h1-7,14,21,23H. The Kier molecular flexibility index (Phi) is 4.91. The number of benzene rings is 2. The van der Waals surface area contributed by atoms with Gasteiger partial charge in [0.15, 0.2) is 6.23 Å². The van der Waals surface area contributed by atoms with E-state index in [1.165, 1.54) is 0 Å². The number of aliphatic hydroxyl groups is 1. The van der Waals surface area contributed by atoms with Gasteiger partial charge in [-0.25, -0.2) is 4.39 Å². The molecule has 0 aliphatic rings. The first kappa shape index (κ1) is 17.2. The number of anilines is 1. The summed E-state index contributed by atoms with van der Waals surface area (Å²) in [7, 11) is 0. The first-order valence-electron chi connectivity index (χ1n) is 6.29. The molecule has 0 saturated carbocycles. The fourth-order valence-corrected chi connectivity index (χ4v) is 1.97. The topological polar surface area (TPSA) is 49.3 Å². The average molecular weight is 348 g/mol. The summed E-state index contributed by atoms with van der Waals surface area (Å²) < 4.78 is 50.8. The molecular formula is C15H10ClF4NO2. The van der Waals surface area contributed by atoms with Gasteiger partial charge in [-0.3, -0.25) is 4.79 Å². The Bertz CT molecular complexity index is 716. The van der Waals surface area contributed by atoms with Gasteiger partial charge in [-0.05, 0) is 42.5 Å². The third-order valence-electron chi connectivity index (χ3n) is 2.96. The van der Waals surface area contributed by atoms with Crippen molar-refractivity contribution in [3.8, 4) is 0 Å². The largest absolute Gasteiger partial charge is 0.416 e. The van der Waals surface area contributed by atoms with Crippen molar-refractivity contribution >= 4 is 23.1 Å². The van der Waals surface area contributed by atoms with Crippen LogP contribution in [-0.4, -0.2) is 17.1 Å². The molecule has 0 bridgehead atoms. The zero-order chi connectivity index (χ0) is 17.2. The van der Waals surface area contributed by atoms with Crippen molar-refractivity contribution in [2.24, 2.45) is 0 Å². The summed E-state index contributed by atoms with van der Waals surface area (Å²) in [5.41, 5.74) is -1.23. The van der Waals surface area contributed by atoms with Gasteiger partial charge in [0, 0.05) is 5.56 Å². The molecule has 0 heterocycles. The van der Waals surface area contributed by atoms with E-state index in [0.717, 1.165) is 36.4 Å². The molecule has 0 fully saturated rings. The second kappa shape index (κ2) is 6.55. The maximum atomic E-state index is 12.8. The predicted molar refractivity (Wildman–Crippen MR) is 76.8 cm³/mol. The fourth-order valence-electron chi connectivity index (χ4n) is 1.80. The lowest BCUT2D eigenvalue weighted by Gasteiger charge is -2.16. The molecule has 1 atom stereocenters. The van der Waals surface area contributed by atoms with Crippen molar-refractivity contribution in [2.75, 3.05) is 5.32 Å². The number of Topliss-reactive ketones (excluding diaryl/α,β-unsaturated/α-hetero) is 1. The van der Waals surface area contributed by atoms with Crippen LogP contribution in [0.4, 0.5) is 23.2 Å². The molecule has 8 heteroatoms. The highest BCUT2D eigenvalue weighted by molar-refractivity contribution is 6.33. The highest BCUT2D eigenvalue weighted by Gasteiger charge is 2.31. The number of carbonyl (C=O) groups is 1. The number of hydrogen-bond donors (Lipinski definition) is 2. The third kappa shape index (κ3) is 4.20. The van der Waals surface area contributed by atoms with Gasteiger partial charge in [0.05, 0.1) is 16.3 Å². The van der Waals surface area contributed by atoms with Crippen LogP contribution in [0.5, 0.6) is 0 Å². The normalized spacial score (nSPS) is 12.8. The van der Waals surface area contributed by atoms with Crippen LogP contribution in [0.25, 0.3) is 0 Å². The molecule has 0 spiro atoms. The van der Waals surface area contributed by atoms with Crippen LogP contribution in [0, 0.1) is 5.82 Å². The summed E-state index contributed by atoms with van der Waals surface area (Å²) in [5, 5.41) is 11.9. The second-order valence-electron chi connectivity index (χ2n) is 4.61. The second-order valence-corrected chi connectivity index (χ2v) is 5.02. The maximum Gasteiger partial charge on any atom is 0.416 e. The van der Waals surface area contributed by atoms with Crippen molar-refractivity contribution in [3.05, 3.63) is 64.4 Å². The molecule has 2 rings (SSSR count). The van der Waals surface area contributed by atoms with Gasteiger partial charge in [-0.15, -0.1) is 0 Å². The predicted octanol–water partition coefficient (Wildman–Crippen LogP) is 4.11. The van der Waals surface area contributed by atoms with Gasteiger partial charge < -0.3 is 10.4 Å².